The highest BCUT2D eigenvalue weighted by atomic mass is 32.1. The first-order valence-corrected chi connectivity index (χ1v) is 6.49. The van der Waals surface area contributed by atoms with Crippen LogP contribution in [0.3, 0.4) is 0 Å². The van der Waals surface area contributed by atoms with Gasteiger partial charge in [-0.15, -0.1) is 11.3 Å². The second kappa shape index (κ2) is 7.02. The van der Waals surface area contributed by atoms with Gasteiger partial charge in [0.25, 0.3) is 0 Å². The Balaban J connectivity index is 2.04. The Morgan fingerprint density at radius 1 is 1.21 bits per heavy atom. The van der Waals surface area contributed by atoms with E-state index >= 15 is 0 Å². The molecule has 0 N–H and O–H groups in total. The molecule has 0 saturated carbocycles. The minimum atomic E-state index is 1.19. The minimum Gasteiger partial charge on any atom is -0.304 e. The van der Waals surface area contributed by atoms with Crippen LogP contribution in [0.1, 0.15) is 31.6 Å². The molecule has 0 aliphatic heterocycles. The van der Waals surface area contributed by atoms with Gasteiger partial charge in [0.15, 0.2) is 0 Å². The monoisotopic (exact) mass is 211 g/mol. The second-order valence-corrected chi connectivity index (χ2v) is 4.60. The Hall–Kier alpha value is -0.340. The molecular weight excluding hydrogens is 190 g/mol. The molecule has 0 fully saturated rings. The van der Waals surface area contributed by atoms with Gasteiger partial charge in [-0.2, -0.15) is 0 Å². The van der Waals surface area contributed by atoms with E-state index in [2.05, 4.69) is 36.3 Å². The van der Waals surface area contributed by atoms with Crippen molar-refractivity contribution in [2.75, 3.05) is 19.6 Å². The van der Waals surface area contributed by atoms with E-state index < -0.39 is 0 Å². The van der Waals surface area contributed by atoms with Crippen molar-refractivity contribution >= 4 is 11.3 Å². The molecule has 80 valence electrons. The summed E-state index contributed by atoms with van der Waals surface area (Å²) in [5, 5.41) is 2.17. The molecule has 0 amide bonds. The first-order chi connectivity index (χ1) is 6.86. The normalized spacial score (nSPS) is 11.1. The van der Waals surface area contributed by atoms with Gasteiger partial charge in [-0.25, -0.2) is 0 Å². The quantitative estimate of drug-likeness (QED) is 0.625. The lowest BCUT2D eigenvalue weighted by molar-refractivity contribution is 0.297. The van der Waals surface area contributed by atoms with Crippen LogP contribution in [-0.4, -0.2) is 24.5 Å². The summed E-state index contributed by atoms with van der Waals surface area (Å²) in [6.07, 6.45) is 3.93. The van der Waals surface area contributed by atoms with Crippen LogP contribution in [-0.2, 0) is 6.42 Å². The van der Waals surface area contributed by atoms with Crippen LogP contribution >= 0.6 is 11.3 Å². The van der Waals surface area contributed by atoms with Crippen LogP contribution in [0.15, 0.2) is 17.5 Å². The van der Waals surface area contributed by atoms with E-state index in [9.17, 15) is 0 Å². The lowest BCUT2D eigenvalue weighted by Crippen LogP contribution is -2.23. The minimum absolute atomic E-state index is 1.19. The number of thiophene rings is 1. The van der Waals surface area contributed by atoms with Crippen molar-refractivity contribution in [3.05, 3.63) is 22.4 Å². The Kier molecular flexibility index (Phi) is 5.88. The predicted molar refractivity (Wildman–Crippen MR) is 65.0 cm³/mol. The van der Waals surface area contributed by atoms with Crippen LogP contribution in [0.4, 0.5) is 0 Å². The largest absolute Gasteiger partial charge is 0.304 e. The Morgan fingerprint density at radius 3 is 2.57 bits per heavy atom. The standard InChI is InChI=1S/C12H21NS/c1-3-13(4-2)10-6-5-8-12-9-7-11-14-12/h7,9,11H,3-6,8,10H2,1-2H3. The average molecular weight is 211 g/mol. The van der Waals surface area contributed by atoms with E-state index in [1.807, 2.05) is 11.3 Å². The van der Waals surface area contributed by atoms with Gasteiger partial charge in [0.2, 0.25) is 0 Å². The fourth-order valence-electron chi connectivity index (χ4n) is 1.63. The van der Waals surface area contributed by atoms with E-state index in [1.54, 1.807) is 0 Å². The van der Waals surface area contributed by atoms with Crippen molar-refractivity contribution in [3.63, 3.8) is 0 Å². The van der Waals surface area contributed by atoms with Gasteiger partial charge in [0, 0.05) is 4.88 Å². The summed E-state index contributed by atoms with van der Waals surface area (Å²) in [6, 6.07) is 4.38. The van der Waals surface area contributed by atoms with Gasteiger partial charge >= 0.3 is 0 Å². The molecule has 1 heterocycles. The molecule has 1 aromatic rings. The van der Waals surface area contributed by atoms with E-state index in [0.717, 1.165) is 0 Å². The van der Waals surface area contributed by atoms with E-state index in [4.69, 9.17) is 0 Å². The average Bonchev–Trinajstić information content (AvgIpc) is 2.71. The summed E-state index contributed by atoms with van der Waals surface area (Å²) in [5.41, 5.74) is 0. The first kappa shape index (κ1) is 11.7. The topological polar surface area (TPSA) is 3.24 Å². The highest BCUT2D eigenvalue weighted by molar-refractivity contribution is 7.09. The van der Waals surface area contributed by atoms with Crippen molar-refractivity contribution in [2.45, 2.75) is 33.1 Å². The van der Waals surface area contributed by atoms with Crippen LogP contribution in [0.5, 0.6) is 0 Å². The summed E-state index contributed by atoms with van der Waals surface area (Å²) >= 11 is 1.88. The lowest BCUT2D eigenvalue weighted by Gasteiger charge is -2.17. The molecule has 0 unspecified atom stereocenters. The van der Waals surface area contributed by atoms with Crippen LogP contribution in [0.25, 0.3) is 0 Å². The molecule has 0 bridgehead atoms. The highest BCUT2D eigenvalue weighted by Crippen LogP contribution is 2.11. The van der Waals surface area contributed by atoms with E-state index in [1.165, 1.54) is 43.8 Å². The maximum Gasteiger partial charge on any atom is 0.00452 e. The van der Waals surface area contributed by atoms with Crippen LogP contribution in [0.2, 0.25) is 0 Å². The van der Waals surface area contributed by atoms with Gasteiger partial charge in [0.1, 0.15) is 0 Å². The first-order valence-electron chi connectivity index (χ1n) is 5.61. The summed E-state index contributed by atoms with van der Waals surface area (Å²) in [6.45, 7) is 8.12. The highest BCUT2D eigenvalue weighted by Gasteiger charge is 1.98. The van der Waals surface area contributed by atoms with Gasteiger partial charge in [-0.1, -0.05) is 19.9 Å². The van der Waals surface area contributed by atoms with Crippen LogP contribution < -0.4 is 0 Å². The molecule has 0 aliphatic carbocycles. The van der Waals surface area contributed by atoms with E-state index in [-0.39, 0.29) is 0 Å². The summed E-state index contributed by atoms with van der Waals surface area (Å²) in [5.74, 6) is 0. The van der Waals surface area contributed by atoms with Crippen molar-refractivity contribution in [3.8, 4) is 0 Å². The van der Waals surface area contributed by atoms with Crippen molar-refractivity contribution in [2.24, 2.45) is 0 Å². The smallest absolute Gasteiger partial charge is 0.00452 e. The number of hydrogen-bond acceptors (Lipinski definition) is 2. The third-order valence-electron chi connectivity index (χ3n) is 2.62. The van der Waals surface area contributed by atoms with Crippen molar-refractivity contribution in [1.29, 1.82) is 0 Å². The molecule has 0 atom stereocenters. The van der Waals surface area contributed by atoms with Crippen LogP contribution in [0, 0.1) is 0 Å². The molecule has 14 heavy (non-hydrogen) atoms. The SMILES string of the molecule is CCN(CC)CCCCc1cccs1. The zero-order chi connectivity index (χ0) is 10.2. The van der Waals surface area contributed by atoms with Gasteiger partial charge in [-0.3, -0.25) is 0 Å². The number of rotatable bonds is 7. The molecule has 1 nitrogen and oxygen atoms in total. The Morgan fingerprint density at radius 2 is 2.00 bits per heavy atom. The third-order valence-corrected chi connectivity index (χ3v) is 3.56. The number of unbranched alkanes of at least 4 members (excludes halogenated alkanes) is 1. The van der Waals surface area contributed by atoms with Crippen molar-refractivity contribution in [1.82, 2.24) is 4.90 Å². The maximum atomic E-state index is 2.49. The molecule has 0 saturated heterocycles. The molecule has 0 aliphatic rings. The fraction of sp³-hybridized carbons (Fsp3) is 0.667. The van der Waals surface area contributed by atoms with Gasteiger partial charge in [-0.05, 0) is 50.3 Å². The molecule has 1 aromatic heterocycles. The molecule has 0 radical (unpaired) electrons. The number of hydrogen-bond donors (Lipinski definition) is 0. The zero-order valence-electron chi connectivity index (χ0n) is 9.33. The predicted octanol–water partition coefficient (Wildman–Crippen LogP) is 3.41. The zero-order valence-corrected chi connectivity index (χ0v) is 10.1. The van der Waals surface area contributed by atoms with Gasteiger partial charge in [0.05, 0.1) is 0 Å². The Labute approximate surface area is 91.8 Å². The number of aryl methyl sites for hydroxylation is 1. The summed E-state index contributed by atoms with van der Waals surface area (Å²) in [4.78, 5) is 4.03. The molecule has 1 rings (SSSR count). The maximum absolute atomic E-state index is 2.49. The molecule has 0 aromatic carbocycles. The molecular formula is C12H21NS. The molecule has 2 heteroatoms. The van der Waals surface area contributed by atoms with E-state index in [0.29, 0.717) is 0 Å². The third kappa shape index (κ3) is 4.25. The van der Waals surface area contributed by atoms with Gasteiger partial charge < -0.3 is 4.90 Å². The molecule has 0 spiro atoms. The Bertz CT molecular complexity index is 214. The summed E-state index contributed by atoms with van der Waals surface area (Å²) < 4.78 is 0. The fourth-order valence-corrected chi connectivity index (χ4v) is 2.38. The number of nitrogens with zero attached hydrogens (tertiary/aromatic N) is 1. The van der Waals surface area contributed by atoms with Crippen molar-refractivity contribution < 1.29 is 0 Å². The summed E-state index contributed by atoms with van der Waals surface area (Å²) in [7, 11) is 0. The second-order valence-electron chi connectivity index (χ2n) is 3.56. The lowest BCUT2D eigenvalue weighted by atomic mass is 10.2.